The number of hydrogen-bond acceptors (Lipinski definition) is 12. The Bertz CT molecular complexity index is 1580. The lowest BCUT2D eigenvalue weighted by Gasteiger charge is -2.25. The molecule has 1 N–H and O–H groups in total. The largest absolute Gasteiger partial charge is 0.493 e. The second kappa shape index (κ2) is 21.8. The molecule has 3 saturated heterocycles. The molecule has 6 rings (SSSR count). The van der Waals surface area contributed by atoms with Crippen LogP contribution in [0.15, 0.2) is 36.7 Å². The van der Waals surface area contributed by atoms with Crippen molar-refractivity contribution in [2.24, 2.45) is 0 Å². The molecule has 0 aliphatic carbocycles. The lowest BCUT2D eigenvalue weighted by atomic mass is 10.1. The van der Waals surface area contributed by atoms with Gasteiger partial charge in [0.25, 0.3) is 6.43 Å². The number of carboxylic acid groups (broad SMARTS) is 1. The van der Waals surface area contributed by atoms with Crippen molar-refractivity contribution in [2.75, 3.05) is 104 Å². The van der Waals surface area contributed by atoms with Crippen molar-refractivity contribution in [3.63, 3.8) is 0 Å². The number of carbonyl (C=O) groups is 3. The topological polar surface area (TPSA) is 148 Å². The van der Waals surface area contributed by atoms with Crippen molar-refractivity contribution >= 4 is 34.8 Å². The van der Waals surface area contributed by atoms with Gasteiger partial charge >= 0.3 is 5.97 Å². The highest BCUT2D eigenvalue weighted by Gasteiger charge is 2.19. The Morgan fingerprint density at radius 2 is 1.48 bits per heavy atom. The van der Waals surface area contributed by atoms with E-state index in [1.807, 2.05) is 28.6 Å². The second-order valence-corrected chi connectivity index (χ2v) is 12.4. The van der Waals surface area contributed by atoms with E-state index in [-0.39, 0.29) is 36.1 Å². The van der Waals surface area contributed by atoms with E-state index in [2.05, 4.69) is 19.8 Å². The summed E-state index contributed by atoms with van der Waals surface area (Å²) < 4.78 is 49.0. The van der Waals surface area contributed by atoms with Crippen LogP contribution in [0.25, 0.3) is 5.65 Å². The van der Waals surface area contributed by atoms with Gasteiger partial charge in [-0.05, 0) is 19.1 Å². The van der Waals surface area contributed by atoms with E-state index in [1.165, 1.54) is 18.2 Å². The Balaban J connectivity index is 0.000000234. The fourth-order valence-electron chi connectivity index (χ4n) is 5.59. The summed E-state index contributed by atoms with van der Waals surface area (Å²) in [6.45, 7) is 12.8. The minimum absolute atomic E-state index is 0.0120. The third kappa shape index (κ3) is 13.7. The van der Waals surface area contributed by atoms with Gasteiger partial charge in [-0.1, -0.05) is 6.07 Å². The zero-order valence-corrected chi connectivity index (χ0v) is 30.1. The highest BCUT2D eigenvalue weighted by Crippen LogP contribution is 2.24. The summed E-state index contributed by atoms with van der Waals surface area (Å²) in [5.41, 5.74) is 1.89. The van der Waals surface area contributed by atoms with Crippen molar-refractivity contribution in [1.29, 1.82) is 0 Å². The molecule has 3 aromatic heterocycles. The van der Waals surface area contributed by atoms with Gasteiger partial charge in [-0.2, -0.15) is 0 Å². The van der Waals surface area contributed by atoms with Gasteiger partial charge in [-0.25, -0.2) is 18.7 Å². The van der Waals surface area contributed by atoms with Gasteiger partial charge in [0.05, 0.1) is 70.9 Å². The fourth-order valence-corrected chi connectivity index (χ4v) is 5.68. The van der Waals surface area contributed by atoms with Crippen LogP contribution in [0.1, 0.15) is 40.8 Å². The van der Waals surface area contributed by atoms with E-state index in [9.17, 15) is 23.2 Å². The van der Waals surface area contributed by atoms with Gasteiger partial charge in [0.1, 0.15) is 22.8 Å². The average Bonchev–Trinajstić information content (AvgIpc) is 3.54. The van der Waals surface area contributed by atoms with Crippen LogP contribution in [-0.4, -0.2) is 156 Å². The maximum Gasteiger partial charge on any atom is 0.317 e. The SMILES string of the molecule is CCOc1cc2nc(CN3CCOCC3)cn2cc1CC(=O)c1cccc(C(F)F)n1.O=C(CCl)CN1CCOCC1.O=C(O)CN1CCOCC1. The van der Waals surface area contributed by atoms with Crippen LogP contribution in [0.5, 0.6) is 5.75 Å². The van der Waals surface area contributed by atoms with Gasteiger partial charge in [0.2, 0.25) is 0 Å². The Labute approximate surface area is 306 Å². The van der Waals surface area contributed by atoms with Crippen LogP contribution in [0.3, 0.4) is 0 Å². The molecule has 0 amide bonds. The number of halogens is 3. The maximum atomic E-state index is 12.9. The molecule has 0 atom stereocenters. The van der Waals surface area contributed by atoms with Crippen molar-refractivity contribution in [2.45, 2.75) is 26.3 Å². The minimum atomic E-state index is -2.72. The number of imidazole rings is 1. The number of fused-ring (bicyclic) bond motifs is 1. The first-order valence-electron chi connectivity index (χ1n) is 17.3. The van der Waals surface area contributed by atoms with E-state index >= 15 is 0 Å². The summed E-state index contributed by atoms with van der Waals surface area (Å²) in [7, 11) is 0. The molecule has 0 unspecified atom stereocenters. The van der Waals surface area contributed by atoms with Gasteiger partial charge < -0.3 is 28.5 Å². The number of aliphatic carboxylic acids is 1. The van der Waals surface area contributed by atoms with Crippen LogP contribution in [-0.2, 0) is 36.8 Å². The standard InChI is InChI=1S/C22H24F2N4O3.C7H12ClNO2.C6H11NO3/c1-2-31-20-11-21-25-16(13-27-6-8-30-9-7-27)14-28(21)12-15(20)10-19(29)17-4-3-5-18(26-17)22(23)24;8-5-7(10)6-9-1-3-11-4-2-9;8-6(9)5-7-1-3-10-4-2-7/h3-5,11-12,14,22H,2,6-10,13H2,1H3;1-6H2;1-5H2,(H,8,9). The van der Waals surface area contributed by atoms with Crippen molar-refractivity contribution in [3.05, 3.63) is 59.3 Å². The molecule has 0 bridgehead atoms. The van der Waals surface area contributed by atoms with Gasteiger partial charge in [0.15, 0.2) is 11.6 Å². The van der Waals surface area contributed by atoms with Crippen LogP contribution in [0.2, 0.25) is 0 Å². The molecule has 3 aliphatic heterocycles. The molecule has 6 heterocycles. The van der Waals surface area contributed by atoms with E-state index in [0.717, 1.165) is 77.0 Å². The minimum Gasteiger partial charge on any atom is -0.493 e. The predicted octanol–water partition coefficient (Wildman–Crippen LogP) is 2.85. The van der Waals surface area contributed by atoms with Gasteiger partial charge in [0, 0.05) is 76.3 Å². The van der Waals surface area contributed by atoms with E-state index in [1.54, 1.807) is 6.07 Å². The number of carbonyl (C=O) groups excluding carboxylic acids is 2. The Morgan fingerprint density at radius 1 is 0.885 bits per heavy atom. The third-order valence-electron chi connectivity index (χ3n) is 8.22. The Morgan fingerprint density at radius 3 is 2.04 bits per heavy atom. The monoisotopic (exact) mass is 752 g/mol. The summed E-state index contributed by atoms with van der Waals surface area (Å²) in [6, 6.07) is 5.88. The number of ether oxygens (including phenoxy) is 4. The van der Waals surface area contributed by atoms with Crippen LogP contribution >= 0.6 is 11.6 Å². The van der Waals surface area contributed by atoms with Crippen molar-refractivity contribution in [1.82, 2.24) is 29.1 Å². The maximum absolute atomic E-state index is 12.9. The van der Waals surface area contributed by atoms with Crippen LogP contribution < -0.4 is 4.74 Å². The summed E-state index contributed by atoms with van der Waals surface area (Å²) in [5.74, 6) is -0.346. The Hall–Kier alpha value is -3.64. The molecule has 52 heavy (non-hydrogen) atoms. The smallest absolute Gasteiger partial charge is 0.317 e. The van der Waals surface area contributed by atoms with E-state index < -0.39 is 18.1 Å². The number of nitrogens with zero attached hydrogens (tertiary/aromatic N) is 6. The van der Waals surface area contributed by atoms with Crippen molar-refractivity contribution < 1.29 is 47.2 Å². The lowest BCUT2D eigenvalue weighted by molar-refractivity contribution is -0.139. The zero-order valence-electron chi connectivity index (χ0n) is 29.4. The molecule has 3 aromatic rings. The van der Waals surface area contributed by atoms with Crippen LogP contribution in [0.4, 0.5) is 8.78 Å². The third-order valence-corrected chi connectivity index (χ3v) is 8.52. The average molecular weight is 753 g/mol. The van der Waals surface area contributed by atoms with E-state index in [0.29, 0.717) is 44.2 Å². The molecule has 0 spiro atoms. The molecule has 0 aromatic carbocycles. The number of carboxylic acids is 1. The summed E-state index contributed by atoms with van der Waals surface area (Å²) >= 11 is 5.36. The molecule has 286 valence electrons. The number of pyridine rings is 2. The molecular formula is C35H47ClF2N6O8. The molecule has 14 nitrogen and oxygen atoms in total. The number of hydrogen-bond donors (Lipinski definition) is 1. The summed E-state index contributed by atoms with van der Waals surface area (Å²) in [5, 5.41) is 8.38. The molecule has 3 fully saturated rings. The summed E-state index contributed by atoms with van der Waals surface area (Å²) in [4.78, 5) is 48.5. The van der Waals surface area contributed by atoms with Gasteiger partial charge in [-0.15, -0.1) is 11.6 Å². The molecule has 0 saturated carbocycles. The Kier molecular flexibility index (Phi) is 17.2. The zero-order chi connectivity index (χ0) is 37.3. The summed E-state index contributed by atoms with van der Waals surface area (Å²) in [6.07, 6.45) is 1.01. The predicted molar refractivity (Wildman–Crippen MR) is 188 cm³/mol. The number of aromatic nitrogens is 3. The highest BCUT2D eigenvalue weighted by molar-refractivity contribution is 6.27. The number of rotatable bonds is 13. The quantitative estimate of drug-likeness (QED) is 0.202. The first-order chi connectivity index (χ1) is 25.1. The molecule has 17 heteroatoms. The number of ketones is 2. The first kappa shape index (κ1) is 41.1. The first-order valence-corrected chi connectivity index (χ1v) is 17.8. The normalized spacial score (nSPS) is 17.2. The lowest BCUT2D eigenvalue weighted by Crippen LogP contribution is -2.39. The number of Topliss-reactive ketones (excluding diaryl/α,β-unsaturated/α-hetero) is 2. The van der Waals surface area contributed by atoms with Crippen molar-refractivity contribution in [3.8, 4) is 5.75 Å². The van der Waals surface area contributed by atoms with Crippen LogP contribution in [0, 0.1) is 0 Å². The highest BCUT2D eigenvalue weighted by atomic mass is 35.5. The molecule has 0 radical (unpaired) electrons. The van der Waals surface area contributed by atoms with Gasteiger partial charge in [-0.3, -0.25) is 29.1 Å². The fraction of sp³-hybridized carbons (Fsp3) is 0.571. The number of morpholine rings is 3. The second-order valence-electron chi connectivity index (χ2n) is 12.2. The number of alkyl halides is 3. The van der Waals surface area contributed by atoms with E-state index in [4.69, 9.17) is 35.7 Å². The molecular weight excluding hydrogens is 706 g/mol. The molecule has 3 aliphatic rings.